The van der Waals surface area contributed by atoms with Gasteiger partial charge in [0.05, 0.1) is 20.8 Å². The molecule has 24 heavy (non-hydrogen) atoms. The van der Waals surface area contributed by atoms with Gasteiger partial charge in [-0.1, -0.05) is 18.2 Å². The summed E-state index contributed by atoms with van der Waals surface area (Å²) in [5.41, 5.74) is 1.10. The molecule has 2 rings (SSSR count). The molecule has 4 nitrogen and oxygen atoms in total. The maximum absolute atomic E-state index is 5.54. The first-order valence-corrected chi connectivity index (χ1v) is 8.83. The maximum Gasteiger partial charge on any atom is 0.169 e. The summed E-state index contributed by atoms with van der Waals surface area (Å²) < 4.78 is 10.7. The second kappa shape index (κ2) is 9.30. The number of rotatable bonds is 8. The highest BCUT2D eigenvalue weighted by molar-refractivity contribution is 7.80. The Hall–Kier alpha value is -2.05. The fourth-order valence-corrected chi connectivity index (χ4v) is 3.19. The monoisotopic (exact) mass is 362 g/mol. The van der Waals surface area contributed by atoms with Crippen LogP contribution in [0.2, 0.25) is 0 Å². The number of thiophene rings is 1. The van der Waals surface area contributed by atoms with Crippen molar-refractivity contribution in [2.24, 2.45) is 0 Å². The summed E-state index contributed by atoms with van der Waals surface area (Å²) in [6, 6.07) is 10.1. The lowest BCUT2D eigenvalue weighted by Crippen LogP contribution is -2.38. The van der Waals surface area contributed by atoms with Crippen LogP contribution in [0.1, 0.15) is 10.4 Å². The highest BCUT2D eigenvalue weighted by Gasteiger charge is 2.13. The summed E-state index contributed by atoms with van der Waals surface area (Å²) in [7, 11) is 3.27. The van der Waals surface area contributed by atoms with Crippen LogP contribution in [0.4, 0.5) is 0 Å². The minimum Gasteiger partial charge on any atom is -0.493 e. The molecule has 1 aromatic heterocycles. The Morgan fingerprint density at radius 2 is 2.04 bits per heavy atom. The molecule has 0 unspecified atom stereocenters. The highest BCUT2D eigenvalue weighted by Crippen LogP contribution is 2.28. The van der Waals surface area contributed by atoms with Crippen molar-refractivity contribution >= 4 is 28.7 Å². The molecule has 0 radical (unpaired) electrons. The molecule has 0 aliphatic carbocycles. The van der Waals surface area contributed by atoms with Gasteiger partial charge in [-0.25, -0.2) is 0 Å². The Kier molecular flexibility index (Phi) is 7.08. The van der Waals surface area contributed by atoms with Gasteiger partial charge in [0.25, 0.3) is 0 Å². The van der Waals surface area contributed by atoms with Crippen LogP contribution in [-0.2, 0) is 13.1 Å². The first-order chi connectivity index (χ1) is 11.7. The zero-order chi connectivity index (χ0) is 17.4. The lowest BCUT2D eigenvalue weighted by molar-refractivity contribution is 0.352. The quantitative estimate of drug-likeness (QED) is 0.570. The summed E-state index contributed by atoms with van der Waals surface area (Å²) in [5, 5.41) is 5.98. The van der Waals surface area contributed by atoms with E-state index in [1.165, 1.54) is 4.88 Å². The minimum atomic E-state index is 0.645. The molecule has 128 valence electrons. The first-order valence-electron chi connectivity index (χ1n) is 7.55. The predicted molar refractivity (Wildman–Crippen MR) is 104 cm³/mol. The van der Waals surface area contributed by atoms with E-state index in [4.69, 9.17) is 21.7 Å². The van der Waals surface area contributed by atoms with Gasteiger partial charge >= 0.3 is 0 Å². The third kappa shape index (κ3) is 4.97. The van der Waals surface area contributed by atoms with Crippen LogP contribution < -0.4 is 14.8 Å². The molecule has 0 fully saturated rings. The Morgan fingerprint density at radius 1 is 1.25 bits per heavy atom. The largest absolute Gasteiger partial charge is 0.493 e. The molecule has 1 heterocycles. The number of nitrogens with zero attached hydrogens (tertiary/aromatic N) is 1. The molecule has 0 spiro atoms. The summed E-state index contributed by atoms with van der Waals surface area (Å²) in [6.07, 6.45) is 1.80. The van der Waals surface area contributed by atoms with E-state index in [9.17, 15) is 0 Å². The maximum atomic E-state index is 5.54. The zero-order valence-electron chi connectivity index (χ0n) is 14.0. The zero-order valence-corrected chi connectivity index (χ0v) is 15.6. The van der Waals surface area contributed by atoms with Gasteiger partial charge in [0.1, 0.15) is 0 Å². The van der Waals surface area contributed by atoms with Crippen molar-refractivity contribution in [1.29, 1.82) is 0 Å². The molecule has 1 N–H and O–H groups in total. The summed E-state index contributed by atoms with van der Waals surface area (Å²) in [4.78, 5) is 3.39. The fourth-order valence-electron chi connectivity index (χ4n) is 2.26. The third-order valence-corrected chi connectivity index (χ3v) is 4.70. The Morgan fingerprint density at radius 3 is 2.67 bits per heavy atom. The molecule has 0 aliphatic heterocycles. The molecule has 0 aliphatic rings. The molecule has 1 aromatic carbocycles. The minimum absolute atomic E-state index is 0.645. The number of nitrogens with one attached hydrogen (secondary N) is 1. The Balaban J connectivity index is 2.17. The van der Waals surface area contributed by atoms with E-state index >= 15 is 0 Å². The third-order valence-electron chi connectivity index (χ3n) is 3.43. The molecule has 0 saturated carbocycles. The van der Waals surface area contributed by atoms with Crippen molar-refractivity contribution < 1.29 is 9.47 Å². The second-order valence-electron chi connectivity index (χ2n) is 5.10. The fraction of sp³-hybridized carbons (Fsp3) is 0.278. The van der Waals surface area contributed by atoms with Gasteiger partial charge in [0.2, 0.25) is 0 Å². The SMILES string of the molecule is C=CCNC(=S)N(Cc1ccc(OC)c(OC)c1)Cc1cccs1. The van der Waals surface area contributed by atoms with Crippen molar-refractivity contribution in [1.82, 2.24) is 10.2 Å². The average Bonchev–Trinajstić information content (AvgIpc) is 3.12. The van der Waals surface area contributed by atoms with E-state index < -0.39 is 0 Å². The van der Waals surface area contributed by atoms with Gasteiger partial charge in [-0.05, 0) is 41.4 Å². The average molecular weight is 363 g/mol. The normalized spacial score (nSPS) is 10.1. The van der Waals surface area contributed by atoms with Gasteiger partial charge < -0.3 is 19.7 Å². The highest BCUT2D eigenvalue weighted by atomic mass is 32.1. The standard InChI is InChI=1S/C18H22N2O2S2/c1-4-9-19-18(23)20(13-15-6-5-10-24-15)12-14-7-8-16(21-2)17(11-14)22-3/h4-8,10-11H,1,9,12-13H2,2-3H3,(H,19,23). The molecule has 0 saturated heterocycles. The van der Waals surface area contributed by atoms with Crippen molar-refractivity contribution in [2.45, 2.75) is 13.1 Å². The van der Waals surface area contributed by atoms with E-state index in [0.717, 1.165) is 23.6 Å². The van der Waals surface area contributed by atoms with Gasteiger partial charge in [-0.15, -0.1) is 17.9 Å². The van der Waals surface area contributed by atoms with Gasteiger partial charge in [0.15, 0.2) is 16.6 Å². The number of hydrogen-bond acceptors (Lipinski definition) is 4. The molecule has 2 aromatic rings. The number of hydrogen-bond donors (Lipinski definition) is 1. The van der Waals surface area contributed by atoms with Gasteiger partial charge in [-0.2, -0.15) is 0 Å². The van der Waals surface area contributed by atoms with Crippen LogP contribution >= 0.6 is 23.6 Å². The molecule has 0 atom stereocenters. The summed E-state index contributed by atoms with van der Waals surface area (Å²) in [5.74, 6) is 1.44. The number of thiocarbonyl (C=S) groups is 1. The summed E-state index contributed by atoms with van der Waals surface area (Å²) >= 11 is 7.26. The smallest absolute Gasteiger partial charge is 0.169 e. The van der Waals surface area contributed by atoms with Crippen molar-refractivity contribution in [3.8, 4) is 11.5 Å². The van der Waals surface area contributed by atoms with Crippen LogP contribution in [0.25, 0.3) is 0 Å². The molecular formula is C18H22N2O2S2. The topological polar surface area (TPSA) is 33.7 Å². The van der Waals surface area contributed by atoms with Crippen molar-refractivity contribution in [3.63, 3.8) is 0 Å². The van der Waals surface area contributed by atoms with Gasteiger partial charge in [0, 0.05) is 18.0 Å². The van der Waals surface area contributed by atoms with Crippen LogP contribution in [0.5, 0.6) is 11.5 Å². The van der Waals surface area contributed by atoms with Gasteiger partial charge in [-0.3, -0.25) is 0 Å². The van der Waals surface area contributed by atoms with Crippen LogP contribution in [-0.4, -0.2) is 30.8 Å². The van der Waals surface area contributed by atoms with Crippen LogP contribution in [0.15, 0.2) is 48.4 Å². The van der Waals surface area contributed by atoms with E-state index in [0.29, 0.717) is 18.2 Å². The van der Waals surface area contributed by atoms with E-state index in [-0.39, 0.29) is 0 Å². The van der Waals surface area contributed by atoms with Crippen molar-refractivity contribution in [2.75, 3.05) is 20.8 Å². The molecular weight excluding hydrogens is 340 g/mol. The Bertz CT molecular complexity index is 672. The van der Waals surface area contributed by atoms with Crippen molar-refractivity contribution in [3.05, 3.63) is 58.8 Å². The second-order valence-corrected chi connectivity index (χ2v) is 6.52. The number of methoxy groups -OCH3 is 2. The number of benzene rings is 1. The molecule has 0 amide bonds. The first kappa shape index (κ1) is 18.3. The lowest BCUT2D eigenvalue weighted by Gasteiger charge is -2.25. The lowest BCUT2D eigenvalue weighted by atomic mass is 10.2. The predicted octanol–water partition coefficient (Wildman–Crippen LogP) is 3.83. The molecule has 0 bridgehead atoms. The Labute approximate surface area is 152 Å². The number of ether oxygens (including phenoxy) is 2. The molecule has 6 heteroatoms. The summed E-state index contributed by atoms with van der Waals surface area (Å²) in [6.45, 7) is 5.81. The van der Waals surface area contributed by atoms with Crippen LogP contribution in [0.3, 0.4) is 0 Å². The van der Waals surface area contributed by atoms with E-state index in [1.807, 2.05) is 18.2 Å². The van der Waals surface area contributed by atoms with Crippen LogP contribution in [0, 0.1) is 0 Å². The van der Waals surface area contributed by atoms with E-state index in [1.54, 1.807) is 31.6 Å². The van der Waals surface area contributed by atoms with E-state index in [2.05, 4.69) is 34.3 Å².